The van der Waals surface area contributed by atoms with Gasteiger partial charge in [-0.1, -0.05) is 109 Å². The van der Waals surface area contributed by atoms with Crippen LogP contribution in [0.2, 0.25) is 5.02 Å². The second kappa shape index (κ2) is 7.48. The zero-order valence-corrected chi connectivity index (χ0v) is 19.1. The van der Waals surface area contributed by atoms with Crippen molar-refractivity contribution in [3.05, 3.63) is 126 Å². The minimum atomic E-state index is 0.775. The smallest absolute Gasteiger partial charge is 0.0548 e. The van der Waals surface area contributed by atoms with E-state index in [1.807, 2.05) is 12.1 Å². The highest BCUT2D eigenvalue weighted by molar-refractivity contribution is 6.36. The molecule has 0 aliphatic heterocycles. The van der Waals surface area contributed by atoms with Gasteiger partial charge in [-0.25, -0.2) is 0 Å². The molecule has 1 aromatic heterocycles. The summed E-state index contributed by atoms with van der Waals surface area (Å²) in [6.07, 6.45) is 0. The van der Waals surface area contributed by atoms with Gasteiger partial charge in [0.15, 0.2) is 0 Å². The fourth-order valence-corrected chi connectivity index (χ4v) is 5.62. The molecule has 0 saturated carbocycles. The summed E-state index contributed by atoms with van der Waals surface area (Å²) in [7, 11) is 0. The van der Waals surface area contributed by atoms with Crippen molar-refractivity contribution >= 4 is 55.0 Å². The molecule has 1 heterocycles. The Morgan fingerprint density at radius 2 is 1.21 bits per heavy atom. The van der Waals surface area contributed by atoms with Gasteiger partial charge in [-0.15, -0.1) is 0 Å². The third kappa shape index (κ3) is 2.74. The zero-order chi connectivity index (χ0) is 22.6. The number of para-hydroxylation sites is 1. The van der Waals surface area contributed by atoms with E-state index in [0.29, 0.717) is 0 Å². The number of benzene rings is 6. The van der Waals surface area contributed by atoms with Gasteiger partial charge in [0.05, 0.1) is 16.7 Å². The average Bonchev–Trinajstić information content (AvgIpc) is 3.24. The lowest BCUT2D eigenvalue weighted by atomic mass is 9.94. The fourth-order valence-electron chi connectivity index (χ4n) is 5.40. The van der Waals surface area contributed by atoms with E-state index in [0.717, 1.165) is 21.5 Å². The van der Waals surface area contributed by atoms with E-state index in [2.05, 4.69) is 114 Å². The number of hydrogen-bond acceptors (Lipinski definition) is 0. The summed E-state index contributed by atoms with van der Waals surface area (Å²) in [5.41, 5.74) is 6.02. The first kappa shape index (κ1) is 19.4. The average molecular weight is 454 g/mol. The van der Waals surface area contributed by atoms with Crippen LogP contribution in [0.4, 0.5) is 0 Å². The quantitative estimate of drug-likeness (QED) is 0.245. The van der Waals surface area contributed by atoms with E-state index in [1.54, 1.807) is 0 Å². The van der Waals surface area contributed by atoms with Crippen molar-refractivity contribution in [1.29, 1.82) is 0 Å². The molecule has 0 fully saturated rings. The predicted molar refractivity (Wildman–Crippen MR) is 146 cm³/mol. The van der Waals surface area contributed by atoms with Gasteiger partial charge in [-0.3, -0.25) is 0 Å². The molecule has 0 N–H and O–H groups in total. The Hall–Kier alpha value is -4.07. The van der Waals surface area contributed by atoms with Crippen molar-refractivity contribution in [1.82, 2.24) is 4.57 Å². The molecule has 6 aromatic carbocycles. The Kier molecular flexibility index (Phi) is 4.27. The van der Waals surface area contributed by atoms with Gasteiger partial charge in [0.25, 0.3) is 0 Å². The molecule has 1 nitrogen and oxygen atoms in total. The Bertz CT molecular complexity index is 1860. The van der Waals surface area contributed by atoms with Gasteiger partial charge in [0.2, 0.25) is 0 Å². The molecule has 0 unspecified atom stereocenters. The monoisotopic (exact) mass is 453 g/mol. The molecule has 0 aliphatic rings. The standard InChI is InChI=1S/C32H20ClN/c33-27-18-20-29(25-13-5-4-12-24(25)27)34-28-16-7-6-14-26(28)32-30(34)19-17-22-11-8-15-23(31(22)32)21-9-2-1-3-10-21/h1-20H. The SMILES string of the molecule is Clc1ccc(-n2c3ccccc3c3c4c(-c5ccccc5)cccc4ccc32)c2ccccc12. The maximum atomic E-state index is 6.58. The Labute approximate surface area is 202 Å². The van der Waals surface area contributed by atoms with E-state index in [9.17, 15) is 0 Å². The van der Waals surface area contributed by atoms with Crippen LogP contribution >= 0.6 is 11.6 Å². The first-order valence-corrected chi connectivity index (χ1v) is 11.9. The van der Waals surface area contributed by atoms with Gasteiger partial charge >= 0.3 is 0 Å². The van der Waals surface area contributed by atoms with E-state index in [-0.39, 0.29) is 0 Å². The van der Waals surface area contributed by atoms with Crippen molar-refractivity contribution in [2.24, 2.45) is 0 Å². The Balaban J connectivity index is 1.70. The zero-order valence-electron chi connectivity index (χ0n) is 18.4. The van der Waals surface area contributed by atoms with Crippen LogP contribution in [0.15, 0.2) is 121 Å². The van der Waals surface area contributed by atoms with Gasteiger partial charge in [0.1, 0.15) is 0 Å². The molecule has 7 rings (SSSR count). The molecule has 2 heteroatoms. The van der Waals surface area contributed by atoms with Crippen LogP contribution in [0.5, 0.6) is 0 Å². The van der Waals surface area contributed by atoms with Gasteiger partial charge < -0.3 is 4.57 Å². The van der Waals surface area contributed by atoms with Crippen molar-refractivity contribution in [2.75, 3.05) is 0 Å². The summed E-state index contributed by atoms with van der Waals surface area (Å²) in [6.45, 7) is 0. The van der Waals surface area contributed by atoms with Gasteiger partial charge in [-0.05, 0) is 46.2 Å². The molecular formula is C32H20ClN. The molecule has 7 aromatic rings. The first-order valence-electron chi connectivity index (χ1n) is 11.5. The summed E-state index contributed by atoms with van der Waals surface area (Å²) < 4.78 is 2.39. The Morgan fingerprint density at radius 3 is 2.06 bits per heavy atom. The Morgan fingerprint density at radius 1 is 0.471 bits per heavy atom. The molecule has 0 radical (unpaired) electrons. The summed E-state index contributed by atoms with van der Waals surface area (Å²) in [5, 5.41) is 8.07. The molecule has 0 spiro atoms. The number of halogens is 1. The third-order valence-corrected chi connectivity index (χ3v) is 7.18. The minimum Gasteiger partial charge on any atom is -0.309 e. The van der Waals surface area contributed by atoms with E-state index in [4.69, 9.17) is 11.6 Å². The summed E-state index contributed by atoms with van der Waals surface area (Å²) in [5.74, 6) is 0. The van der Waals surface area contributed by atoms with E-state index in [1.165, 1.54) is 43.7 Å². The number of nitrogens with zero attached hydrogens (tertiary/aromatic N) is 1. The molecule has 0 atom stereocenters. The van der Waals surface area contributed by atoms with Crippen molar-refractivity contribution in [3.8, 4) is 16.8 Å². The van der Waals surface area contributed by atoms with Crippen molar-refractivity contribution in [2.45, 2.75) is 0 Å². The predicted octanol–water partition coefficient (Wildman–Crippen LogP) is 9.41. The molecule has 0 bridgehead atoms. The van der Waals surface area contributed by atoms with Crippen LogP contribution in [-0.2, 0) is 0 Å². The summed E-state index contributed by atoms with van der Waals surface area (Å²) in [6, 6.07) is 43.0. The third-order valence-electron chi connectivity index (χ3n) is 6.85. The lowest BCUT2D eigenvalue weighted by molar-refractivity contribution is 1.20. The number of fused-ring (bicyclic) bond motifs is 6. The first-order chi connectivity index (χ1) is 16.8. The fraction of sp³-hybridized carbons (Fsp3) is 0. The summed E-state index contributed by atoms with van der Waals surface area (Å²) >= 11 is 6.58. The second-order valence-corrected chi connectivity index (χ2v) is 9.10. The molecular weight excluding hydrogens is 434 g/mol. The molecule has 34 heavy (non-hydrogen) atoms. The molecule has 160 valence electrons. The molecule has 0 aliphatic carbocycles. The summed E-state index contributed by atoms with van der Waals surface area (Å²) in [4.78, 5) is 0. The lowest BCUT2D eigenvalue weighted by Gasteiger charge is -2.13. The van der Waals surface area contributed by atoms with Crippen LogP contribution in [0.1, 0.15) is 0 Å². The highest BCUT2D eigenvalue weighted by atomic mass is 35.5. The van der Waals surface area contributed by atoms with Crippen LogP contribution < -0.4 is 0 Å². The minimum absolute atomic E-state index is 0.775. The second-order valence-electron chi connectivity index (χ2n) is 8.69. The van der Waals surface area contributed by atoms with E-state index < -0.39 is 0 Å². The van der Waals surface area contributed by atoms with Crippen LogP contribution in [0.25, 0.3) is 60.2 Å². The molecule has 0 amide bonds. The highest BCUT2D eigenvalue weighted by Crippen LogP contribution is 2.42. The lowest BCUT2D eigenvalue weighted by Crippen LogP contribution is -1.95. The maximum Gasteiger partial charge on any atom is 0.0548 e. The van der Waals surface area contributed by atoms with Crippen LogP contribution in [0.3, 0.4) is 0 Å². The van der Waals surface area contributed by atoms with Gasteiger partial charge in [-0.2, -0.15) is 0 Å². The normalized spacial score (nSPS) is 11.7. The highest BCUT2D eigenvalue weighted by Gasteiger charge is 2.18. The van der Waals surface area contributed by atoms with E-state index >= 15 is 0 Å². The topological polar surface area (TPSA) is 4.93 Å². The number of hydrogen-bond donors (Lipinski definition) is 0. The number of aromatic nitrogens is 1. The molecule has 0 saturated heterocycles. The van der Waals surface area contributed by atoms with Gasteiger partial charge in [0, 0.05) is 26.6 Å². The van der Waals surface area contributed by atoms with Crippen molar-refractivity contribution < 1.29 is 0 Å². The maximum absolute atomic E-state index is 6.58. The van der Waals surface area contributed by atoms with Crippen LogP contribution in [0, 0.1) is 0 Å². The van der Waals surface area contributed by atoms with Crippen molar-refractivity contribution in [3.63, 3.8) is 0 Å². The number of rotatable bonds is 2. The van der Waals surface area contributed by atoms with Crippen LogP contribution in [-0.4, -0.2) is 4.57 Å². The largest absolute Gasteiger partial charge is 0.309 e.